The Bertz CT molecular complexity index is 342. The molecule has 0 unspecified atom stereocenters. The highest BCUT2D eigenvalue weighted by atomic mass is 15.2. The van der Waals surface area contributed by atoms with Crippen molar-refractivity contribution in [2.24, 2.45) is 0 Å². The molecule has 1 heterocycles. The average Bonchev–Trinajstić information content (AvgIpc) is 2.31. The zero-order chi connectivity index (χ0) is 10.5. The van der Waals surface area contributed by atoms with Gasteiger partial charge in [0.2, 0.25) is 0 Å². The van der Waals surface area contributed by atoms with Crippen LogP contribution < -0.4 is 5.32 Å². The Morgan fingerprint density at radius 1 is 1.20 bits per heavy atom. The summed E-state index contributed by atoms with van der Waals surface area (Å²) >= 11 is 0. The topological polar surface area (TPSA) is 15.3 Å². The summed E-state index contributed by atoms with van der Waals surface area (Å²) in [5.74, 6) is 2.63. The first kappa shape index (κ1) is 10.2. The number of nitrogens with zero attached hydrogens (tertiary/aromatic N) is 1. The first-order valence-corrected chi connectivity index (χ1v) is 5.37. The molecule has 1 aliphatic rings. The molecule has 0 spiro atoms. The van der Waals surface area contributed by atoms with E-state index in [2.05, 4.69) is 28.3 Å². The predicted octanol–water partition coefficient (Wildman–Crippen LogP) is 1.07. The molecule has 0 atom stereocenters. The Morgan fingerprint density at radius 3 is 2.47 bits per heavy atom. The van der Waals surface area contributed by atoms with Crippen LogP contribution in [-0.4, -0.2) is 31.1 Å². The molecule has 2 heteroatoms. The molecule has 2 nitrogen and oxygen atoms in total. The summed E-state index contributed by atoms with van der Waals surface area (Å²) in [4.78, 5) is 2.46. The van der Waals surface area contributed by atoms with Crippen molar-refractivity contribution in [2.75, 3.05) is 26.2 Å². The van der Waals surface area contributed by atoms with Crippen molar-refractivity contribution in [3.8, 4) is 12.3 Å². The number of rotatable bonds is 2. The Kier molecular flexibility index (Phi) is 3.39. The van der Waals surface area contributed by atoms with Crippen LogP contribution in [0.5, 0.6) is 0 Å². The molecule has 1 aromatic rings. The Balaban J connectivity index is 1.95. The standard InChI is InChI=1S/C13H16N2/c1-2-12-3-5-13(6-4-12)11-15-9-7-14-8-10-15/h1,3-6,14H,7-11H2. The van der Waals surface area contributed by atoms with E-state index in [0.29, 0.717) is 0 Å². The number of piperazine rings is 1. The second-order valence-corrected chi connectivity index (χ2v) is 3.87. The van der Waals surface area contributed by atoms with Gasteiger partial charge < -0.3 is 5.32 Å². The summed E-state index contributed by atoms with van der Waals surface area (Å²) in [6.45, 7) is 5.51. The lowest BCUT2D eigenvalue weighted by Crippen LogP contribution is -2.42. The van der Waals surface area contributed by atoms with Crippen LogP contribution in [0.25, 0.3) is 0 Å². The van der Waals surface area contributed by atoms with Gasteiger partial charge in [0.25, 0.3) is 0 Å². The number of terminal acetylenes is 1. The van der Waals surface area contributed by atoms with Crippen LogP contribution in [0.15, 0.2) is 24.3 Å². The van der Waals surface area contributed by atoms with E-state index in [1.165, 1.54) is 5.56 Å². The van der Waals surface area contributed by atoms with Gasteiger partial charge in [-0.15, -0.1) is 6.42 Å². The van der Waals surface area contributed by atoms with Gasteiger partial charge in [-0.3, -0.25) is 4.90 Å². The monoisotopic (exact) mass is 200 g/mol. The first-order chi connectivity index (χ1) is 7.38. The molecule has 1 aliphatic heterocycles. The van der Waals surface area contributed by atoms with Gasteiger partial charge in [0, 0.05) is 38.3 Å². The average molecular weight is 200 g/mol. The maximum Gasteiger partial charge on any atom is 0.0242 e. The molecule has 78 valence electrons. The van der Waals surface area contributed by atoms with Crippen molar-refractivity contribution in [1.82, 2.24) is 10.2 Å². The Morgan fingerprint density at radius 2 is 1.87 bits per heavy atom. The molecule has 0 aromatic heterocycles. The molecule has 1 fully saturated rings. The first-order valence-electron chi connectivity index (χ1n) is 5.37. The molecule has 0 saturated carbocycles. The van der Waals surface area contributed by atoms with E-state index in [1.54, 1.807) is 0 Å². The smallest absolute Gasteiger partial charge is 0.0242 e. The van der Waals surface area contributed by atoms with Gasteiger partial charge >= 0.3 is 0 Å². The lowest BCUT2D eigenvalue weighted by molar-refractivity contribution is 0.233. The van der Waals surface area contributed by atoms with Crippen LogP contribution in [0.4, 0.5) is 0 Å². The van der Waals surface area contributed by atoms with E-state index >= 15 is 0 Å². The highest BCUT2D eigenvalue weighted by molar-refractivity contribution is 5.34. The van der Waals surface area contributed by atoms with Gasteiger partial charge in [0.1, 0.15) is 0 Å². The zero-order valence-corrected chi connectivity index (χ0v) is 8.87. The van der Waals surface area contributed by atoms with Crippen molar-refractivity contribution in [1.29, 1.82) is 0 Å². The molecule has 2 rings (SSSR count). The number of hydrogen-bond acceptors (Lipinski definition) is 2. The molecular weight excluding hydrogens is 184 g/mol. The molecule has 15 heavy (non-hydrogen) atoms. The predicted molar refractivity (Wildman–Crippen MR) is 62.5 cm³/mol. The lowest BCUT2D eigenvalue weighted by Gasteiger charge is -2.27. The van der Waals surface area contributed by atoms with Crippen molar-refractivity contribution in [3.63, 3.8) is 0 Å². The summed E-state index contributed by atoms with van der Waals surface area (Å²) in [6.07, 6.45) is 5.32. The minimum Gasteiger partial charge on any atom is -0.314 e. The van der Waals surface area contributed by atoms with Gasteiger partial charge in [-0.25, -0.2) is 0 Å². The highest BCUT2D eigenvalue weighted by Crippen LogP contribution is 2.07. The van der Waals surface area contributed by atoms with Gasteiger partial charge in [0.05, 0.1) is 0 Å². The minimum absolute atomic E-state index is 0.957. The Labute approximate surface area is 91.3 Å². The van der Waals surface area contributed by atoms with Crippen LogP contribution >= 0.6 is 0 Å². The fourth-order valence-corrected chi connectivity index (χ4v) is 1.83. The fraction of sp³-hybridized carbons (Fsp3) is 0.385. The summed E-state index contributed by atoms with van der Waals surface area (Å²) in [7, 11) is 0. The van der Waals surface area contributed by atoms with Crippen LogP contribution in [-0.2, 0) is 6.54 Å². The number of nitrogens with one attached hydrogen (secondary N) is 1. The number of benzene rings is 1. The van der Waals surface area contributed by atoms with Crippen LogP contribution in [0.2, 0.25) is 0 Å². The number of hydrogen-bond donors (Lipinski definition) is 1. The maximum atomic E-state index is 5.32. The third kappa shape index (κ3) is 2.82. The summed E-state index contributed by atoms with van der Waals surface area (Å²) in [5.41, 5.74) is 2.30. The fourth-order valence-electron chi connectivity index (χ4n) is 1.83. The van der Waals surface area contributed by atoms with E-state index < -0.39 is 0 Å². The van der Waals surface area contributed by atoms with E-state index in [0.717, 1.165) is 38.3 Å². The molecule has 1 N–H and O–H groups in total. The maximum absolute atomic E-state index is 5.32. The van der Waals surface area contributed by atoms with E-state index in [1.807, 2.05) is 12.1 Å². The van der Waals surface area contributed by atoms with Gasteiger partial charge in [0.15, 0.2) is 0 Å². The van der Waals surface area contributed by atoms with E-state index in [9.17, 15) is 0 Å². The van der Waals surface area contributed by atoms with Gasteiger partial charge in [-0.05, 0) is 17.7 Å². The third-order valence-corrected chi connectivity index (χ3v) is 2.74. The largest absolute Gasteiger partial charge is 0.314 e. The summed E-state index contributed by atoms with van der Waals surface area (Å²) in [5, 5.41) is 3.35. The second kappa shape index (κ2) is 4.97. The SMILES string of the molecule is C#Cc1ccc(CN2CCNCC2)cc1. The summed E-state index contributed by atoms with van der Waals surface area (Å²) < 4.78 is 0. The molecule has 0 amide bonds. The van der Waals surface area contributed by atoms with E-state index in [4.69, 9.17) is 6.42 Å². The van der Waals surface area contributed by atoms with Crippen molar-refractivity contribution in [2.45, 2.75) is 6.54 Å². The molecule has 1 saturated heterocycles. The lowest BCUT2D eigenvalue weighted by atomic mass is 10.1. The van der Waals surface area contributed by atoms with Gasteiger partial charge in [-0.1, -0.05) is 18.1 Å². The van der Waals surface area contributed by atoms with Gasteiger partial charge in [-0.2, -0.15) is 0 Å². The van der Waals surface area contributed by atoms with E-state index in [-0.39, 0.29) is 0 Å². The minimum atomic E-state index is 0.957. The normalized spacial score (nSPS) is 17.3. The Hall–Kier alpha value is -1.30. The van der Waals surface area contributed by atoms with Crippen molar-refractivity contribution in [3.05, 3.63) is 35.4 Å². The quantitative estimate of drug-likeness (QED) is 0.718. The van der Waals surface area contributed by atoms with Crippen molar-refractivity contribution < 1.29 is 0 Å². The summed E-state index contributed by atoms with van der Waals surface area (Å²) in [6, 6.07) is 8.27. The molecule has 0 radical (unpaired) electrons. The van der Waals surface area contributed by atoms with Crippen LogP contribution in [0, 0.1) is 12.3 Å². The van der Waals surface area contributed by atoms with Crippen LogP contribution in [0.3, 0.4) is 0 Å². The zero-order valence-electron chi connectivity index (χ0n) is 8.87. The highest BCUT2D eigenvalue weighted by Gasteiger charge is 2.09. The van der Waals surface area contributed by atoms with Crippen molar-refractivity contribution >= 4 is 0 Å². The third-order valence-electron chi connectivity index (χ3n) is 2.74. The molecular formula is C13H16N2. The van der Waals surface area contributed by atoms with Crippen LogP contribution in [0.1, 0.15) is 11.1 Å². The molecule has 0 aliphatic carbocycles. The molecule has 1 aromatic carbocycles. The second-order valence-electron chi connectivity index (χ2n) is 3.87. The molecule has 0 bridgehead atoms.